The molecule has 0 saturated carbocycles. The van der Waals surface area contributed by atoms with Crippen molar-refractivity contribution in [1.82, 2.24) is 5.32 Å². The van der Waals surface area contributed by atoms with Crippen LogP contribution in [0.15, 0.2) is 36.4 Å². The van der Waals surface area contributed by atoms with Crippen LogP contribution in [0.25, 0.3) is 11.1 Å². The van der Waals surface area contributed by atoms with Crippen molar-refractivity contribution in [1.29, 1.82) is 0 Å². The van der Waals surface area contributed by atoms with Crippen molar-refractivity contribution in [3.05, 3.63) is 53.3 Å². The molecule has 0 spiro atoms. The summed E-state index contributed by atoms with van der Waals surface area (Å²) in [5, 5.41) is 3.35. The molecule has 0 heterocycles. The second kappa shape index (κ2) is 6.72. The van der Waals surface area contributed by atoms with E-state index in [1.807, 2.05) is 37.3 Å². The van der Waals surface area contributed by atoms with Crippen molar-refractivity contribution in [2.45, 2.75) is 33.4 Å². The summed E-state index contributed by atoms with van der Waals surface area (Å²) in [7, 11) is 1.63. The van der Waals surface area contributed by atoms with Crippen molar-refractivity contribution < 1.29 is 9.13 Å². The van der Waals surface area contributed by atoms with E-state index in [4.69, 9.17) is 4.74 Å². The van der Waals surface area contributed by atoms with Gasteiger partial charge >= 0.3 is 0 Å². The largest absolute Gasteiger partial charge is 0.497 e. The summed E-state index contributed by atoms with van der Waals surface area (Å²) in [4.78, 5) is 0. The van der Waals surface area contributed by atoms with Gasteiger partial charge in [-0.05, 0) is 47.9 Å². The van der Waals surface area contributed by atoms with E-state index in [2.05, 4.69) is 19.2 Å². The lowest BCUT2D eigenvalue weighted by molar-refractivity contribution is 0.414. The normalized spacial score (nSPS) is 11.0. The SMILES string of the molecule is COc1ccc(-c2cc(CNC(C)C)ccc2F)c(C)c1. The highest BCUT2D eigenvalue weighted by molar-refractivity contribution is 5.69. The van der Waals surface area contributed by atoms with Crippen LogP contribution in [-0.4, -0.2) is 13.2 Å². The Labute approximate surface area is 126 Å². The average Bonchev–Trinajstić information content (AvgIpc) is 2.46. The molecular formula is C18H22FNO. The molecule has 0 radical (unpaired) electrons. The van der Waals surface area contributed by atoms with E-state index in [-0.39, 0.29) is 5.82 Å². The number of benzene rings is 2. The smallest absolute Gasteiger partial charge is 0.131 e. The van der Waals surface area contributed by atoms with Crippen LogP contribution in [-0.2, 0) is 6.54 Å². The van der Waals surface area contributed by atoms with E-state index in [1.54, 1.807) is 7.11 Å². The topological polar surface area (TPSA) is 21.3 Å². The fourth-order valence-electron chi connectivity index (χ4n) is 2.28. The highest BCUT2D eigenvalue weighted by Gasteiger charge is 2.10. The van der Waals surface area contributed by atoms with E-state index in [1.165, 1.54) is 6.07 Å². The summed E-state index contributed by atoms with van der Waals surface area (Å²) < 4.78 is 19.4. The van der Waals surface area contributed by atoms with Gasteiger partial charge in [-0.15, -0.1) is 0 Å². The van der Waals surface area contributed by atoms with E-state index in [0.717, 1.165) is 29.0 Å². The molecule has 3 heteroatoms. The molecule has 0 unspecified atom stereocenters. The van der Waals surface area contributed by atoms with Crippen LogP contribution in [0.4, 0.5) is 4.39 Å². The fraction of sp³-hybridized carbons (Fsp3) is 0.333. The van der Waals surface area contributed by atoms with Gasteiger partial charge in [0.15, 0.2) is 0 Å². The molecule has 0 aliphatic heterocycles. The minimum Gasteiger partial charge on any atom is -0.497 e. The van der Waals surface area contributed by atoms with E-state index < -0.39 is 0 Å². The number of rotatable bonds is 5. The summed E-state index contributed by atoms with van der Waals surface area (Å²) in [5.41, 5.74) is 3.62. The summed E-state index contributed by atoms with van der Waals surface area (Å²) in [6.45, 7) is 6.90. The third-order valence-corrected chi connectivity index (χ3v) is 3.47. The van der Waals surface area contributed by atoms with Crippen molar-refractivity contribution in [2.24, 2.45) is 0 Å². The number of halogens is 1. The van der Waals surface area contributed by atoms with Gasteiger partial charge in [-0.2, -0.15) is 0 Å². The van der Waals surface area contributed by atoms with E-state index >= 15 is 0 Å². The molecule has 112 valence electrons. The number of aryl methyl sites for hydroxylation is 1. The summed E-state index contributed by atoms with van der Waals surface area (Å²) in [5.74, 6) is 0.589. The van der Waals surface area contributed by atoms with Gasteiger partial charge in [-0.3, -0.25) is 0 Å². The highest BCUT2D eigenvalue weighted by Crippen LogP contribution is 2.29. The molecule has 0 aromatic heterocycles. The Hall–Kier alpha value is -1.87. The molecule has 2 rings (SSSR count). The molecule has 0 aliphatic rings. The first kappa shape index (κ1) is 15.5. The van der Waals surface area contributed by atoms with Crippen LogP contribution in [0.2, 0.25) is 0 Å². The summed E-state index contributed by atoms with van der Waals surface area (Å²) >= 11 is 0. The second-order valence-electron chi connectivity index (χ2n) is 5.53. The van der Waals surface area contributed by atoms with Gasteiger partial charge < -0.3 is 10.1 Å². The minimum absolute atomic E-state index is 0.198. The van der Waals surface area contributed by atoms with Crippen molar-refractivity contribution >= 4 is 0 Å². The molecule has 0 atom stereocenters. The lowest BCUT2D eigenvalue weighted by Crippen LogP contribution is -2.21. The lowest BCUT2D eigenvalue weighted by Gasteiger charge is -2.12. The van der Waals surface area contributed by atoms with Gasteiger partial charge in [-0.1, -0.05) is 26.0 Å². The Kier molecular flexibility index (Phi) is 4.97. The van der Waals surface area contributed by atoms with Gasteiger partial charge in [0.25, 0.3) is 0 Å². The highest BCUT2D eigenvalue weighted by atomic mass is 19.1. The first-order chi connectivity index (χ1) is 10.0. The number of ether oxygens (including phenoxy) is 1. The molecule has 2 aromatic carbocycles. The fourth-order valence-corrected chi connectivity index (χ4v) is 2.28. The van der Waals surface area contributed by atoms with Crippen molar-refractivity contribution in [2.75, 3.05) is 7.11 Å². The first-order valence-corrected chi connectivity index (χ1v) is 7.18. The zero-order valence-electron chi connectivity index (χ0n) is 13.0. The molecule has 0 amide bonds. The Bertz CT molecular complexity index is 623. The number of hydrogen-bond acceptors (Lipinski definition) is 2. The molecule has 1 N–H and O–H groups in total. The number of nitrogens with one attached hydrogen (secondary N) is 1. The number of methoxy groups -OCH3 is 1. The van der Waals surface area contributed by atoms with Crippen LogP contribution < -0.4 is 10.1 Å². The predicted molar refractivity (Wildman–Crippen MR) is 85.1 cm³/mol. The molecule has 21 heavy (non-hydrogen) atoms. The molecule has 0 saturated heterocycles. The quantitative estimate of drug-likeness (QED) is 0.885. The van der Waals surface area contributed by atoms with Crippen LogP contribution in [0.5, 0.6) is 5.75 Å². The molecule has 2 aromatic rings. The van der Waals surface area contributed by atoms with Crippen molar-refractivity contribution in [3.63, 3.8) is 0 Å². The maximum absolute atomic E-state index is 14.2. The molecule has 0 aliphatic carbocycles. The first-order valence-electron chi connectivity index (χ1n) is 7.18. The Balaban J connectivity index is 2.36. The monoisotopic (exact) mass is 287 g/mol. The molecule has 2 nitrogen and oxygen atoms in total. The number of hydrogen-bond donors (Lipinski definition) is 1. The standard InChI is InChI=1S/C18H22FNO/c1-12(2)20-11-14-5-8-18(19)17(10-14)16-7-6-15(21-4)9-13(16)3/h5-10,12,20H,11H2,1-4H3. The van der Waals surface area contributed by atoms with Gasteiger partial charge in [-0.25, -0.2) is 4.39 Å². The van der Waals surface area contributed by atoms with Crippen LogP contribution in [0.1, 0.15) is 25.0 Å². The maximum Gasteiger partial charge on any atom is 0.131 e. The van der Waals surface area contributed by atoms with Gasteiger partial charge in [0.2, 0.25) is 0 Å². The van der Waals surface area contributed by atoms with Gasteiger partial charge in [0.1, 0.15) is 11.6 Å². The minimum atomic E-state index is -0.198. The van der Waals surface area contributed by atoms with Gasteiger partial charge in [0, 0.05) is 18.2 Å². The molecule has 0 fully saturated rings. The zero-order chi connectivity index (χ0) is 15.4. The van der Waals surface area contributed by atoms with E-state index in [9.17, 15) is 4.39 Å². The lowest BCUT2D eigenvalue weighted by atomic mass is 9.98. The Morgan fingerprint density at radius 2 is 1.86 bits per heavy atom. The van der Waals surface area contributed by atoms with Crippen LogP contribution >= 0.6 is 0 Å². The van der Waals surface area contributed by atoms with Crippen LogP contribution in [0.3, 0.4) is 0 Å². The Morgan fingerprint density at radius 1 is 1.10 bits per heavy atom. The third kappa shape index (κ3) is 3.82. The Morgan fingerprint density at radius 3 is 2.48 bits per heavy atom. The molecular weight excluding hydrogens is 265 g/mol. The second-order valence-corrected chi connectivity index (χ2v) is 5.53. The summed E-state index contributed by atoms with van der Waals surface area (Å²) in [6.07, 6.45) is 0. The van der Waals surface area contributed by atoms with E-state index in [0.29, 0.717) is 11.6 Å². The molecule has 0 bridgehead atoms. The van der Waals surface area contributed by atoms with Gasteiger partial charge in [0.05, 0.1) is 7.11 Å². The summed E-state index contributed by atoms with van der Waals surface area (Å²) in [6, 6.07) is 11.4. The maximum atomic E-state index is 14.2. The van der Waals surface area contributed by atoms with Crippen LogP contribution in [0, 0.1) is 12.7 Å². The zero-order valence-corrected chi connectivity index (χ0v) is 13.0. The average molecular weight is 287 g/mol. The third-order valence-electron chi connectivity index (χ3n) is 3.47. The van der Waals surface area contributed by atoms with Crippen molar-refractivity contribution in [3.8, 4) is 16.9 Å². The predicted octanol–water partition coefficient (Wildman–Crippen LogP) is 4.31.